The summed E-state index contributed by atoms with van der Waals surface area (Å²) < 4.78 is 4.18. The second-order valence-corrected chi connectivity index (χ2v) is 5.44. The first-order valence-electron chi connectivity index (χ1n) is 5.16. The lowest BCUT2D eigenvalue weighted by Gasteiger charge is -2.10. The molecule has 6 heteroatoms. The Balaban J connectivity index is 2.19. The van der Waals surface area contributed by atoms with Gasteiger partial charge < -0.3 is 5.32 Å². The molecule has 0 saturated carbocycles. The van der Waals surface area contributed by atoms with E-state index in [1.54, 1.807) is 11.3 Å². The van der Waals surface area contributed by atoms with E-state index in [-0.39, 0.29) is 6.04 Å². The quantitative estimate of drug-likeness (QED) is 0.924. The van der Waals surface area contributed by atoms with Crippen molar-refractivity contribution < 1.29 is 0 Å². The standard InChI is InChI=1S/C11H12N4S2/c1-6-5-16-10(13-6)8(3)14-11-9(4-12)7(2)15-17-11/h5,8,14H,1-3H3. The first kappa shape index (κ1) is 12.0. The molecule has 2 aromatic rings. The Morgan fingerprint density at radius 1 is 1.47 bits per heavy atom. The minimum atomic E-state index is 0.0978. The van der Waals surface area contributed by atoms with Crippen LogP contribution in [0.4, 0.5) is 5.00 Å². The zero-order valence-corrected chi connectivity index (χ0v) is 11.4. The number of nitrogens with one attached hydrogen (secondary N) is 1. The van der Waals surface area contributed by atoms with Gasteiger partial charge in [-0.2, -0.15) is 9.64 Å². The number of aromatic nitrogens is 2. The zero-order valence-electron chi connectivity index (χ0n) is 9.81. The van der Waals surface area contributed by atoms with Crippen molar-refractivity contribution in [3.8, 4) is 6.07 Å². The highest BCUT2D eigenvalue weighted by atomic mass is 32.1. The summed E-state index contributed by atoms with van der Waals surface area (Å²) in [6.45, 7) is 5.86. The molecule has 0 aromatic carbocycles. The summed E-state index contributed by atoms with van der Waals surface area (Å²) in [5, 5.41) is 16.2. The molecule has 0 spiro atoms. The molecule has 1 N–H and O–H groups in total. The molecule has 1 unspecified atom stereocenters. The first-order valence-corrected chi connectivity index (χ1v) is 6.82. The monoisotopic (exact) mass is 264 g/mol. The molecule has 2 rings (SSSR count). The SMILES string of the molecule is Cc1csc(C(C)Nc2snc(C)c2C#N)n1. The third kappa shape index (κ3) is 2.46. The van der Waals surface area contributed by atoms with E-state index in [1.807, 2.05) is 26.2 Å². The zero-order chi connectivity index (χ0) is 12.4. The van der Waals surface area contributed by atoms with Gasteiger partial charge in [-0.15, -0.1) is 11.3 Å². The van der Waals surface area contributed by atoms with Crippen LogP contribution >= 0.6 is 22.9 Å². The molecule has 0 fully saturated rings. The Bertz CT molecular complexity index is 564. The van der Waals surface area contributed by atoms with Crippen LogP contribution in [0, 0.1) is 25.2 Å². The molecular formula is C11H12N4S2. The van der Waals surface area contributed by atoms with E-state index in [0.29, 0.717) is 5.56 Å². The molecule has 88 valence electrons. The van der Waals surface area contributed by atoms with Crippen LogP contribution < -0.4 is 5.32 Å². The number of aryl methyl sites for hydroxylation is 2. The Labute approximate surface area is 108 Å². The molecule has 0 radical (unpaired) electrons. The lowest BCUT2D eigenvalue weighted by Crippen LogP contribution is -2.06. The maximum Gasteiger partial charge on any atom is 0.128 e. The molecular weight excluding hydrogens is 252 g/mol. The summed E-state index contributed by atoms with van der Waals surface area (Å²) in [7, 11) is 0. The second kappa shape index (κ2) is 4.82. The van der Waals surface area contributed by atoms with Crippen molar-refractivity contribution in [2.24, 2.45) is 0 Å². The summed E-state index contributed by atoms with van der Waals surface area (Å²) in [5.74, 6) is 0. The Morgan fingerprint density at radius 2 is 2.24 bits per heavy atom. The van der Waals surface area contributed by atoms with Crippen LogP contribution in [0.1, 0.15) is 34.9 Å². The molecule has 0 saturated heterocycles. The second-order valence-electron chi connectivity index (χ2n) is 3.78. The van der Waals surface area contributed by atoms with Gasteiger partial charge in [0.1, 0.15) is 21.6 Å². The highest BCUT2D eigenvalue weighted by molar-refractivity contribution is 7.11. The third-order valence-corrected chi connectivity index (χ3v) is 4.34. The van der Waals surface area contributed by atoms with Gasteiger partial charge in [0, 0.05) is 11.1 Å². The Hall–Kier alpha value is -1.45. The van der Waals surface area contributed by atoms with Crippen LogP contribution in [0.15, 0.2) is 5.38 Å². The lowest BCUT2D eigenvalue weighted by atomic mass is 10.2. The van der Waals surface area contributed by atoms with Crippen LogP contribution in [0.3, 0.4) is 0 Å². The maximum absolute atomic E-state index is 9.04. The van der Waals surface area contributed by atoms with Crippen molar-refractivity contribution in [1.82, 2.24) is 9.36 Å². The summed E-state index contributed by atoms with van der Waals surface area (Å²) in [4.78, 5) is 4.43. The van der Waals surface area contributed by atoms with E-state index < -0.39 is 0 Å². The topological polar surface area (TPSA) is 61.6 Å². The largest absolute Gasteiger partial charge is 0.366 e. The van der Waals surface area contributed by atoms with Crippen LogP contribution in [0.25, 0.3) is 0 Å². The molecule has 0 amide bonds. The van der Waals surface area contributed by atoms with Crippen molar-refractivity contribution >= 4 is 27.9 Å². The Kier molecular flexibility index (Phi) is 3.41. The number of rotatable bonds is 3. The normalized spacial score (nSPS) is 12.1. The number of thiazole rings is 1. The van der Waals surface area contributed by atoms with Gasteiger partial charge in [0.15, 0.2) is 0 Å². The molecule has 4 nitrogen and oxygen atoms in total. The molecule has 0 bridgehead atoms. The lowest BCUT2D eigenvalue weighted by molar-refractivity contribution is 0.867. The van der Waals surface area contributed by atoms with Gasteiger partial charge in [0.25, 0.3) is 0 Å². The minimum Gasteiger partial charge on any atom is -0.366 e. The van der Waals surface area contributed by atoms with E-state index in [4.69, 9.17) is 5.26 Å². The fourth-order valence-corrected chi connectivity index (χ4v) is 3.07. The first-order chi connectivity index (χ1) is 8.11. The third-order valence-electron chi connectivity index (χ3n) is 2.33. The van der Waals surface area contributed by atoms with Gasteiger partial charge in [0.2, 0.25) is 0 Å². The average Bonchev–Trinajstić information content (AvgIpc) is 2.86. The molecule has 0 aliphatic heterocycles. The predicted molar refractivity (Wildman–Crippen MR) is 70.5 cm³/mol. The van der Waals surface area contributed by atoms with Gasteiger partial charge in [-0.3, -0.25) is 0 Å². The number of hydrogen-bond donors (Lipinski definition) is 1. The van der Waals surface area contributed by atoms with Gasteiger partial charge >= 0.3 is 0 Å². The minimum absolute atomic E-state index is 0.0978. The van der Waals surface area contributed by atoms with Gasteiger partial charge in [0.05, 0.1) is 11.7 Å². The van der Waals surface area contributed by atoms with Crippen LogP contribution in [0.5, 0.6) is 0 Å². The smallest absolute Gasteiger partial charge is 0.128 e. The van der Waals surface area contributed by atoms with E-state index in [1.165, 1.54) is 11.5 Å². The molecule has 2 heterocycles. The van der Waals surface area contributed by atoms with Crippen molar-refractivity contribution in [3.05, 3.63) is 27.3 Å². The van der Waals surface area contributed by atoms with Gasteiger partial charge in [-0.25, -0.2) is 4.98 Å². The van der Waals surface area contributed by atoms with Crippen LogP contribution in [0.2, 0.25) is 0 Å². The maximum atomic E-state index is 9.04. The van der Waals surface area contributed by atoms with Crippen molar-refractivity contribution in [2.75, 3.05) is 5.32 Å². The summed E-state index contributed by atoms with van der Waals surface area (Å²) in [6, 6.07) is 2.27. The highest BCUT2D eigenvalue weighted by Crippen LogP contribution is 2.28. The van der Waals surface area contributed by atoms with Crippen molar-refractivity contribution in [1.29, 1.82) is 5.26 Å². The molecule has 2 aromatic heterocycles. The average molecular weight is 264 g/mol. The number of nitriles is 1. The van der Waals surface area contributed by atoms with Crippen molar-refractivity contribution in [3.63, 3.8) is 0 Å². The number of anilines is 1. The fourth-order valence-electron chi connectivity index (χ4n) is 1.43. The highest BCUT2D eigenvalue weighted by Gasteiger charge is 2.15. The number of nitrogens with zero attached hydrogens (tertiary/aromatic N) is 3. The van der Waals surface area contributed by atoms with E-state index in [0.717, 1.165) is 21.4 Å². The molecule has 0 aliphatic carbocycles. The van der Waals surface area contributed by atoms with Gasteiger partial charge in [-0.1, -0.05) is 0 Å². The molecule has 0 aliphatic rings. The van der Waals surface area contributed by atoms with E-state index in [2.05, 4.69) is 20.7 Å². The summed E-state index contributed by atoms with van der Waals surface area (Å²) in [6.07, 6.45) is 0. The molecule has 17 heavy (non-hydrogen) atoms. The molecule has 1 atom stereocenters. The summed E-state index contributed by atoms with van der Waals surface area (Å²) >= 11 is 2.95. The Morgan fingerprint density at radius 3 is 2.82 bits per heavy atom. The van der Waals surface area contributed by atoms with Gasteiger partial charge in [-0.05, 0) is 32.3 Å². The van der Waals surface area contributed by atoms with E-state index >= 15 is 0 Å². The van der Waals surface area contributed by atoms with E-state index in [9.17, 15) is 0 Å². The van der Waals surface area contributed by atoms with Crippen molar-refractivity contribution in [2.45, 2.75) is 26.8 Å². The summed E-state index contributed by atoms with van der Waals surface area (Å²) in [5.41, 5.74) is 2.44. The van der Waals surface area contributed by atoms with Crippen LogP contribution in [-0.2, 0) is 0 Å². The predicted octanol–water partition coefficient (Wildman–Crippen LogP) is 3.26. The fraction of sp³-hybridized carbons (Fsp3) is 0.364. The van der Waals surface area contributed by atoms with Crippen LogP contribution in [-0.4, -0.2) is 9.36 Å². The number of hydrogen-bond acceptors (Lipinski definition) is 6.